The summed E-state index contributed by atoms with van der Waals surface area (Å²) >= 11 is 0. The minimum Gasteiger partial charge on any atom is -0.388 e. The van der Waals surface area contributed by atoms with Crippen LogP contribution in [0.25, 0.3) is 0 Å². The van der Waals surface area contributed by atoms with Crippen LogP contribution in [-0.2, 0) is 0 Å². The molecule has 1 aromatic rings. The molecule has 0 heterocycles. The standard InChI is InChI=1S/C11H15NO/c1-8(2)9-4-5-11(12-3)10(6-9)7-13/h4-8,12H,1-3H3. The van der Waals surface area contributed by atoms with Crippen LogP contribution in [0.15, 0.2) is 18.2 Å². The number of rotatable bonds is 3. The molecule has 0 amide bonds. The molecule has 70 valence electrons. The van der Waals surface area contributed by atoms with Crippen LogP contribution in [0, 0.1) is 0 Å². The first-order valence-corrected chi connectivity index (χ1v) is 4.46. The molecule has 0 radical (unpaired) electrons. The van der Waals surface area contributed by atoms with E-state index in [1.54, 1.807) is 0 Å². The van der Waals surface area contributed by atoms with Crippen LogP contribution in [0.3, 0.4) is 0 Å². The van der Waals surface area contributed by atoms with Crippen molar-refractivity contribution < 1.29 is 4.79 Å². The maximum atomic E-state index is 10.7. The van der Waals surface area contributed by atoms with Crippen LogP contribution < -0.4 is 5.32 Å². The summed E-state index contributed by atoms with van der Waals surface area (Å²) in [5.41, 5.74) is 2.81. The monoisotopic (exact) mass is 177 g/mol. The molecule has 2 heteroatoms. The summed E-state index contributed by atoms with van der Waals surface area (Å²) in [7, 11) is 1.82. The molecule has 1 aromatic carbocycles. The second kappa shape index (κ2) is 4.08. The lowest BCUT2D eigenvalue weighted by atomic mass is 10.0. The molecule has 0 saturated heterocycles. The smallest absolute Gasteiger partial charge is 0.152 e. The zero-order chi connectivity index (χ0) is 9.84. The summed E-state index contributed by atoms with van der Waals surface area (Å²) < 4.78 is 0. The molecule has 0 fully saturated rings. The number of hydrogen-bond acceptors (Lipinski definition) is 2. The minimum atomic E-state index is 0.463. The average molecular weight is 177 g/mol. The molecule has 2 nitrogen and oxygen atoms in total. The van der Waals surface area contributed by atoms with Gasteiger partial charge in [0.05, 0.1) is 0 Å². The van der Waals surface area contributed by atoms with Gasteiger partial charge in [-0.2, -0.15) is 0 Å². The fourth-order valence-corrected chi connectivity index (χ4v) is 1.27. The number of benzene rings is 1. The molecular formula is C11H15NO. The van der Waals surface area contributed by atoms with E-state index in [0.29, 0.717) is 5.92 Å². The fourth-order valence-electron chi connectivity index (χ4n) is 1.27. The van der Waals surface area contributed by atoms with E-state index in [1.807, 2.05) is 25.2 Å². The molecule has 13 heavy (non-hydrogen) atoms. The summed E-state index contributed by atoms with van der Waals surface area (Å²) in [6.45, 7) is 4.23. The van der Waals surface area contributed by atoms with Crippen molar-refractivity contribution in [3.8, 4) is 0 Å². The van der Waals surface area contributed by atoms with Gasteiger partial charge in [-0.3, -0.25) is 4.79 Å². The van der Waals surface area contributed by atoms with Gasteiger partial charge in [-0.1, -0.05) is 19.9 Å². The van der Waals surface area contributed by atoms with Gasteiger partial charge in [0.15, 0.2) is 6.29 Å². The third-order valence-corrected chi connectivity index (χ3v) is 2.14. The molecule has 0 saturated carbocycles. The van der Waals surface area contributed by atoms with Gasteiger partial charge in [0.1, 0.15) is 0 Å². The van der Waals surface area contributed by atoms with E-state index < -0.39 is 0 Å². The molecule has 0 aromatic heterocycles. The zero-order valence-corrected chi connectivity index (χ0v) is 8.29. The van der Waals surface area contributed by atoms with Crippen molar-refractivity contribution in [2.24, 2.45) is 0 Å². The Hall–Kier alpha value is -1.31. The largest absolute Gasteiger partial charge is 0.388 e. The van der Waals surface area contributed by atoms with Gasteiger partial charge in [0.2, 0.25) is 0 Å². The quantitative estimate of drug-likeness (QED) is 0.719. The van der Waals surface area contributed by atoms with Crippen LogP contribution >= 0.6 is 0 Å². The number of aldehydes is 1. The number of hydrogen-bond donors (Lipinski definition) is 1. The minimum absolute atomic E-state index is 0.463. The van der Waals surface area contributed by atoms with Crippen molar-refractivity contribution >= 4 is 12.0 Å². The van der Waals surface area contributed by atoms with Gasteiger partial charge >= 0.3 is 0 Å². The Labute approximate surface area is 79.0 Å². The molecule has 1 rings (SSSR count). The predicted octanol–water partition coefficient (Wildman–Crippen LogP) is 2.66. The van der Waals surface area contributed by atoms with Gasteiger partial charge in [0, 0.05) is 18.3 Å². The summed E-state index contributed by atoms with van der Waals surface area (Å²) in [4.78, 5) is 10.7. The number of carbonyl (C=O) groups is 1. The van der Waals surface area contributed by atoms with Crippen LogP contribution in [0.4, 0.5) is 5.69 Å². The molecule has 0 aliphatic rings. The molecule has 0 aliphatic carbocycles. The molecule has 0 spiro atoms. The fraction of sp³-hybridized carbons (Fsp3) is 0.364. The maximum absolute atomic E-state index is 10.7. The first kappa shape index (κ1) is 9.78. The number of anilines is 1. The highest BCUT2D eigenvalue weighted by Crippen LogP contribution is 2.20. The van der Waals surface area contributed by atoms with Gasteiger partial charge in [-0.15, -0.1) is 0 Å². The second-order valence-electron chi connectivity index (χ2n) is 3.37. The summed E-state index contributed by atoms with van der Waals surface area (Å²) in [5, 5.41) is 2.98. The molecule has 0 aliphatic heterocycles. The predicted molar refractivity (Wildman–Crippen MR) is 55.5 cm³/mol. The average Bonchev–Trinajstić information content (AvgIpc) is 2.16. The summed E-state index contributed by atoms with van der Waals surface area (Å²) in [6.07, 6.45) is 0.887. The Bertz CT molecular complexity index is 305. The van der Waals surface area contributed by atoms with E-state index >= 15 is 0 Å². The lowest BCUT2D eigenvalue weighted by molar-refractivity contribution is 0.112. The zero-order valence-electron chi connectivity index (χ0n) is 8.29. The molecule has 1 N–H and O–H groups in total. The third-order valence-electron chi connectivity index (χ3n) is 2.14. The topological polar surface area (TPSA) is 29.1 Å². The van der Waals surface area contributed by atoms with Crippen molar-refractivity contribution in [1.29, 1.82) is 0 Å². The van der Waals surface area contributed by atoms with E-state index in [-0.39, 0.29) is 0 Å². The Morgan fingerprint density at radius 2 is 2.08 bits per heavy atom. The van der Waals surface area contributed by atoms with Crippen molar-refractivity contribution in [3.63, 3.8) is 0 Å². The van der Waals surface area contributed by atoms with E-state index in [1.165, 1.54) is 5.56 Å². The SMILES string of the molecule is CNc1ccc(C(C)C)cc1C=O. The Balaban J connectivity index is 3.13. The van der Waals surface area contributed by atoms with Gasteiger partial charge in [0.25, 0.3) is 0 Å². The lowest BCUT2D eigenvalue weighted by Gasteiger charge is -2.09. The first-order chi connectivity index (χ1) is 6.19. The lowest BCUT2D eigenvalue weighted by Crippen LogP contribution is -1.96. The Morgan fingerprint density at radius 3 is 2.54 bits per heavy atom. The number of carbonyl (C=O) groups excluding carboxylic acids is 1. The van der Waals surface area contributed by atoms with Gasteiger partial charge in [-0.25, -0.2) is 0 Å². The van der Waals surface area contributed by atoms with Crippen molar-refractivity contribution in [2.75, 3.05) is 12.4 Å². The van der Waals surface area contributed by atoms with E-state index in [9.17, 15) is 4.79 Å². The Morgan fingerprint density at radius 1 is 1.38 bits per heavy atom. The Kier molecular flexibility index (Phi) is 3.07. The normalized spacial score (nSPS) is 10.2. The molecule has 0 atom stereocenters. The van der Waals surface area contributed by atoms with Gasteiger partial charge in [-0.05, 0) is 23.6 Å². The van der Waals surface area contributed by atoms with E-state index in [2.05, 4.69) is 19.2 Å². The first-order valence-electron chi connectivity index (χ1n) is 4.46. The van der Waals surface area contributed by atoms with Crippen molar-refractivity contribution in [2.45, 2.75) is 19.8 Å². The summed E-state index contributed by atoms with van der Waals surface area (Å²) in [5.74, 6) is 0.463. The highest BCUT2D eigenvalue weighted by Gasteiger charge is 2.03. The van der Waals surface area contributed by atoms with Crippen molar-refractivity contribution in [3.05, 3.63) is 29.3 Å². The van der Waals surface area contributed by atoms with Crippen molar-refractivity contribution in [1.82, 2.24) is 0 Å². The number of nitrogens with one attached hydrogen (secondary N) is 1. The summed E-state index contributed by atoms with van der Waals surface area (Å²) in [6, 6.07) is 5.92. The maximum Gasteiger partial charge on any atom is 0.152 e. The van der Waals surface area contributed by atoms with E-state index in [0.717, 1.165) is 17.5 Å². The highest BCUT2D eigenvalue weighted by molar-refractivity contribution is 5.84. The second-order valence-corrected chi connectivity index (χ2v) is 3.37. The van der Waals surface area contributed by atoms with Gasteiger partial charge < -0.3 is 5.32 Å². The van der Waals surface area contributed by atoms with E-state index in [4.69, 9.17) is 0 Å². The highest BCUT2D eigenvalue weighted by atomic mass is 16.1. The third kappa shape index (κ3) is 2.08. The van der Waals surface area contributed by atoms with Crippen LogP contribution in [0.1, 0.15) is 35.7 Å². The molecule has 0 unspecified atom stereocenters. The molecular weight excluding hydrogens is 162 g/mol. The van der Waals surface area contributed by atoms with Crippen LogP contribution in [-0.4, -0.2) is 13.3 Å². The van der Waals surface area contributed by atoms with Crippen LogP contribution in [0.5, 0.6) is 0 Å². The van der Waals surface area contributed by atoms with Crippen LogP contribution in [0.2, 0.25) is 0 Å². The molecule has 0 bridgehead atoms.